The number of nitrogens with two attached hydrogens (primary N) is 1. The first-order valence-electron chi connectivity index (χ1n) is 6.33. The molecule has 3 N–H and O–H groups in total. The summed E-state index contributed by atoms with van der Waals surface area (Å²) in [6.07, 6.45) is 1.26. The Morgan fingerprint density at radius 2 is 2.06 bits per heavy atom. The van der Waals surface area contributed by atoms with E-state index in [1.54, 1.807) is 0 Å². The van der Waals surface area contributed by atoms with E-state index in [0.717, 1.165) is 32.6 Å². The molecule has 0 spiro atoms. The van der Waals surface area contributed by atoms with E-state index in [2.05, 4.69) is 10.2 Å². The highest BCUT2D eigenvalue weighted by atomic mass is 32.2. The Kier molecular flexibility index (Phi) is 6.30. The summed E-state index contributed by atoms with van der Waals surface area (Å²) in [4.78, 5) is 13.9. The zero-order valence-corrected chi connectivity index (χ0v) is 11.8. The Bertz CT molecular complexity index is 234. The standard InChI is InChI=1S/C12H25N3OS/c1-12(2,13)4-3-11(16)14-5-6-15-7-9-17-10-8-15/h3-10,13H2,1-2H3,(H,14,16). The fourth-order valence-electron chi connectivity index (χ4n) is 1.70. The molecule has 0 aromatic heterocycles. The van der Waals surface area contributed by atoms with Gasteiger partial charge < -0.3 is 11.1 Å². The first-order valence-corrected chi connectivity index (χ1v) is 7.48. The van der Waals surface area contributed by atoms with Gasteiger partial charge in [0, 0.05) is 49.6 Å². The van der Waals surface area contributed by atoms with Gasteiger partial charge in [0.05, 0.1) is 0 Å². The molecule has 0 atom stereocenters. The molecule has 0 aliphatic carbocycles. The van der Waals surface area contributed by atoms with Crippen molar-refractivity contribution in [2.24, 2.45) is 5.73 Å². The van der Waals surface area contributed by atoms with Gasteiger partial charge in [0.25, 0.3) is 0 Å². The zero-order valence-electron chi connectivity index (χ0n) is 11.0. The summed E-state index contributed by atoms with van der Waals surface area (Å²) < 4.78 is 0. The molecule has 0 aromatic rings. The maximum absolute atomic E-state index is 11.5. The minimum atomic E-state index is -0.249. The molecule has 1 aliphatic heterocycles. The van der Waals surface area contributed by atoms with E-state index in [9.17, 15) is 4.79 Å². The van der Waals surface area contributed by atoms with Crippen LogP contribution in [0, 0.1) is 0 Å². The zero-order chi connectivity index (χ0) is 12.7. The molecule has 1 heterocycles. The molecule has 4 nitrogen and oxygen atoms in total. The van der Waals surface area contributed by atoms with Gasteiger partial charge in [-0.05, 0) is 20.3 Å². The number of carbonyl (C=O) groups is 1. The van der Waals surface area contributed by atoms with Gasteiger partial charge >= 0.3 is 0 Å². The van der Waals surface area contributed by atoms with Crippen molar-refractivity contribution in [3.8, 4) is 0 Å². The van der Waals surface area contributed by atoms with Crippen molar-refractivity contribution < 1.29 is 4.79 Å². The summed E-state index contributed by atoms with van der Waals surface area (Å²) in [6, 6.07) is 0. The third kappa shape index (κ3) is 7.63. The average molecular weight is 259 g/mol. The minimum Gasteiger partial charge on any atom is -0.355 e. The van der Waals surface area contributed by atoms with Crippen LogP contribution in [-0.2, 0) is 4.79 Å². The molecule has 0 aromatic carbocycles. The van der Waals surface area contributed by atoms with Crippen molar-refractivity contribution in [1.82, 2.24) is 10.2 Å². The smallest absolute Gasteiger partial charge is 0.220 e. The molecule has 0 saturated carbocycles. The molecule has 100 valence electrons. The predicted octanol–water partition coefficient (Wildman–Crippen LogP) is 0.669. The van der Waals surface area contributed by atoms with E-state index >= 15 is 0 Å². The fraction of sp³-hybridized carbons (Fsp3) is 0.917. The largest absolute Gasteiger partial charge is 0.355 e. The van der Waals surface area contributed by atoms with Crippen molar-refractivity contribution in [2.75, 3.05) is 37.7 Å². The summed E-state index contributed by atoms with van der Waals surface area (Å²) in [5, 5.41) is 2.96. The topological polar surface area (TPSA) is 58.4 Å². The van der Waals surface area contributed by atoms with Crippen LogP contribution in [0.1, 0.15) is 26.7 Å². The number of amides is 1. The molecule has 0 unspecified atom stereocenters. The van der Waals surface area contributed by atoms with Crippen molar-refractivity contribution >= 4 is 17.7 Å². The van der Waals surface area contributed by atoms with E-state index in [-0.39, 0.29) is 11.4 Å². The minimum absolute atomic E-state index is 0.120. The van der Waals surface area contributed by atoms with Crippen molar-refractivity contribution in [2.45, 2.75) is 32.2 Å². The highest BCUT2D eigenvalue weighted by Gasteiger charge is 2.13. The Morgan fingerprint density at radius 3 is 2.65 bits per heavy atom. The fourth-order valence-corrected chi connectivity index (χ4v) is 2.68. The van der Waals surface area contributed by atoms with Crippen LogP contribution in [0.5, 0.6) is 0 Å². The number of hydrogen-bond acceptors (Lipinski definition) is 4. The first-order chi connectivity index (χ1) is 7.97. The number of carbonyl (C=O) groups excluding carboxylic acids is 1. The first kappa shape index (κ1) is 14.8. The lowest BCUT2D eigenvalue weighted by atomic mass is 10.00. The van der Waals surface area contributed by atoms with Crippen molar-refractivity contribution in [3.05, 3.63) is 0 Å². The molecule has 1 saturated heterocycles. The van der Waals surface area contributed by atoms with Crippen LogP contribution in [0.15, 0.2) is 0 Å². The molecule has 1 amide bonds. The normalized spacial score (nSPS) is 18.1. The summed E-state index contributed by atoms with van der Waals surface area (Å²) in [6.45, 7) is 7.93. The highest BCUT2D eigenvalue weighted by molar-refractivity contribution is 7.99. The van der Waals surface area contributed by atoms with Crippen molar-refractivity contribution in [1.29, 1.82) is 0 Å². The Balaban J connectivity index is 2.03. The maximum atomic E-state index is 11.5. The molecular weight excluding hydrogens is 234 g/mol. The molecule has 1 rings (SSSR count). The van der Waals surface area contributed by atoms with Crippen LogP contribution in [-0.4, -0.2) is 54.0 Å². The van der Waals surface area contributed by atoms with Crippen LogP contribution >= 0.6 is 11.8 Å². The Morgan fingerprint density at radius 1 is 1.41 bits per heavy atom. The quantitative estimate of drug-likeness (QED) is 0.736. The van der Waals surface area contributed by atoms with Gasteiger partial charge in [0.15, 0.2) is 0 Å². The third-order valence-electron chi connectivity index (χ3n) is 2.85. The molecule has 1 fully saturated rings. The lowest BCUT2D eigenvalue weighted by Gasteiger charge is -2.26. The molecule has 1 aliphatic rings. The molecule has 17 heavy (non-hydrogen) atoms. The van der Waals surface area contributed by atoms with Gasteiger partial charge in [0.2, 0.25) is 5.91 Å². The van der Waals surface area contributed by atoms with Gasteiger partial charge in [-0.3, -0.25) is 9.69 Å². The number of rotatable bonds is 6. The van der Waals surface area contributed by atoms with E-state index in [4.69, 9.17) is 5.73 Å². The second kappa shape index (κ2) is 7.24. The highest BCUT2D eigenvalue weighted by Crippen LogP contribution is 2.08. The van der Waals surface area contributed by atoms with E-state index in [1.165, 1.54) is 11.5 Å². The Labute approximate surface area is 109 Å². The monoisotopic (exact) mass is 259 g/mol. The number of thioether (sulfide) groups is 1. The van der Waals surface area contributed by atoms with Crippen LogP contribution in [0.3, 0.4) is 0 Å². The average Bonchev–Trinajstić information content (AvgIpc) is 2.27. The Hall–Kier alpha value is -0.260. The summed E-state index contributed by atoms with van der Waals surface area (Å²) >= 11 is 2.01. The summed E-state index contributed by atoms with van der Waals surface area (Å²) in [5.74, 6) is 2.56. The van der Waals surface area contributed by atoms with Gasteiger partial charge in [-0.1, -0.05) is 0 Å². The molecular formula is C12H25N3OS. The van der Waals surface area contributed by atoms with Gasteiger partial charge in [-0.15, -0.1) is 0 Å². The van der Waals surface area contributed by atoms with Gasteiger partial charge in [-0.25, -0.2) is 0 Å². The van der Waals surface area contributed by atoms with Crippen LogP contribution in [0.4, 0.5) is 0 Å². The predicted molar refractivity (Wildman–Crippen MR) is 74.3 cm³/mol. The second-order valence-electron chi connectivity index (χ2n) is 5.29. The molecule has 5 heteroatoms. The van der Waals surface area contributed by atoms with E-state index < -0.39 is 0 Å². The van der Waals surface area contributed by atoms with E-state index in [1.807, 2.05) is 25.6 Å². The second-order valence-corrected chi connectivity index (χ2v) is 6.52. The van der Waals surface area contributed by atoms with Gasteiger partial charge in [-0.2, -0.15) is 11.8 Å². The van der Waals surface area contributed by atoms with E-state index in [0.29, 0.717) is 6.42 Å². The van der Waals surface area contributed by atoms with Crippen LogP contribution < -0.4 is 11.1 Å². The number of nitrogens with one attached hydrogen (secondary N) is 1. The lowest BCUT2D eigenvalue weighted by Crippen LogP contribution is -2.40. The third-order valence-corrected chi connectivity index (χ3v) is 3.79. The lowest BCUT2D eigenvalue weighted by molar-refractivity contribution is -0.121. The number of nitrogens with zero attached hydrogens (tertiary/aromatic N) is 1. The summed E-state index contributed by atoms with van der Waals surface area (Å²) in [7, 11) is 0. The maximum Gasteiger partial charge on any atom is 0.220 e. The summed E-state index contributed by atoms with van der Waals surface area (Å²) in [5.41, 5.74) is 5.59. The van der Waals surface area contributed by atoms with Crippen molar-refractivity contribution in [3.63, 3.8) is 0 Å². The van der Waals surface area contributed by atoms with Crippen LogP contribution in [0.25, 0.3) is 0 Å². The number of hydrogen-bond donors (Lipinski definition) is 2. The SMILES string of the molecule is CC(C)(N)CCC(=O)NCCN1CCSCC1. The van der Waals surface area contributed by atoms with Gasteiger partial charge in [0.1, 0.15) is 0 Å². The molecule has 0 radical (unpaired) electrons. The van der Waals surface area contributed by atoms with Crippen LogP contribution in [0.2, 0.25) is 0 Å². The molecule has 0 bridgehead atoms.